The summed E-state index contributed by atoms with van der Waals surface area (Å²) in [4.78, 5) is 20.0. The van der Waals surface area contributed by atoms with Gasteiger partial charge in [0.2, 0.25) is 0 Å². The number of hydrogen-bond donors (Lipinski definition) is 0. The van der Waals surface area contributed by atoms with E-state index in [9.17, 15) is 4.79 Å². The number of hydrogen-bond acceptors (Lipinski definition) is 3. The lowest BCUT2D eigenvalue weighted by Gasteiger charge is -2.29. The molecule has 3 heterocycles. The molecule has 0 aliphatic carbocycles. The molecule has 106 valence electrons. The summed E-state index contributed by atoms with van der Waals surface area (Å²) in [5.41, 5.74) is 0.975. The average molecular weight is 274 g/mol. The molecule has 0 fully saturated rings. The third-order valence-corrected chi connectivity index (χ3v) is 3.39. The Labute approximate surface area is 117 Å². The number of urea groups is 1. The fraction of sp³-hybridized carbons (Fsp3) is 0.462. The van der Waals surface area contributed by atoms with E-state index in [1.165, 1.54) is 0 Å². The lowest BCUT2D eigenvalue weighted by atomic mass is 10.4. The van der Waals surface area contributed by atoms with Gasteiger partial charge in [0.1, 0.15) is 5.82 Å². The normalized spacial score (nSPS) is 14.2. The predicted octanol–water partition coefficient (Wildman–Crippen LogP) is 0.625. The fourth-order valence-electron chi connectivity index (χ4n) is 2.39. The minimum absolute atomic E-state index is 0.0351. The largest absolute Gasteiger partial charge is 0.331 e. The molecule has 0 aromatic carbocycles. The van der Waals surface area contributed by atoms with E-state index >= 15 is 0 Å². The predicted molar refractivity (Wildman–Crippen MR) is 73.0 cm³/mol. The Morgan fingerprint density at radius 3 is 2.95 bits per heavy atom. The van der Waals surface area contributed by atoms with E-state index in [2.05, 4.69) is 20.8 Å². The molecule has 1 aliphatic heterocycles. The minimum atomic E-state index is 0.0351. The molecule has 7 heteroatoms. The van der Waals surface area contributed by atoms with Gasteiger partial charge in [-0.1, -0.05) is 0 Å². The van der Waals surface area contributed by atoms with Gasteiger partial charge in [-0.2, -0.15) is 5.10 Å². The molecule has 0 N–H and O–H groups in total. The Kier molecular flexibility index (Phi) is 3.17. The third kappa shape index (κ3) is 2.38. The van der Waals surface area contributed by atoms with Gasteiger partial charge < -0.3 is 14.4 Å². The van der Waals surface area contributed by atoms with Crippen LogP contribution in [-0.4, -0.2) is 55.8 Å². The highest BCUT2D eigenvalue weighted by Gasteiger charge is 2.23. The zero-order chi connectivity index (χ0) is 14.1. The molecule has 0 radical (unpaired) electrons. The summed E-state index contributed by atoms with van der Waals surface area (Å²) in [6.45, 7) is 2.74. The van der Waals surface area contributed by atoms with Crippen molar-refractivity contribution in [3.63, 3.8) is 0 Å². The van der Waals surface area contributed by atoms with Crippen LogP contribution in [0.1, 0.15) is 11.5 Å². The number of carbonyl (C=O) groups is 1. The molecule has 0 atom stereocenters. The van der Waals surface area contributed by atoms with E-state index in [0.29, 0.717) is 13.1 Å². The monoisotopic (exact) mass is 274 g/mol. The molecular formula is C13H18N6O. The molecule has 2 amide bonds. The average Bonchev–Trinajstić information content (AvgIpc) is 3.05. The van der Waals surface area contributed by atoms with Gasteiger partial charge in [-0.25, -0.2) is 9.78 Å². The topological polar surface area (TPSA) is 59.2 Å². The number of fused-ring (bicyclic) bond motifs is 1. The number of imidazole rings is 1. The Bertz CT molecular complexity index is 600. The van der Waals surface area contributed by atoms with Crippen molar-refractivity contribution in [2.75, 3.05) is 20.6 Å². The summed E-state index contributed by atoms with van der Waals surface area (Å²) >= 11 is 0. The van der Waals surface area contributed by atoms with Crippen LogP contribution in [0.15, 0.2) is 24.7 Å². The number of rotatable bonds is 2. The van der Waals surface area contributed by atoms with Gasteiger partial charge >= 0.3 is 6.03 Å². The first-order valence-corrected chi connectivity index (χ1v) is 6.62. The van der Waals surface area contributed by atoms with Crippen molar-refractivity contribution >= 4 is 6.03 Å². The fourth-order valence-corrected chi connectivity index (χ4v) is 2.39. The molecule has 2 aromatic heterocycles. The second kappa shape index (κ2) is 4.99. The Morgan fingerprint density at radius 1 is 1.40 bits per heavy atom. The van der Waals surface area contributed by atoms with Gasteiger partial charge in [0.05, 0.1) is 18.8 Å². The standard InChI is InChI=1S/C13H18N6O/c1-16(2)13(20)18-7-6-17-8-11(15-12(17)10-18)9-19-5-3-4-14-19/h3-5,8H,6-7,9-10H2,1-2H3. The molecule has 0 saturated carbocycles. The first-order chi connectivity index (χ1) is 9.63. The molecule has 2 aromatic rings. The molecule has 0 spiro atoms. The van der Waals surface area contributed by atoms with Crippen LogP contribution in [-0.2, 0) is 19.6 Å². The maximum Gasteiger partial charge on any atom is 0.319 e. The van der Waals surface area contributed by atoms with Crippen molar-refractivity contribution < 1.29 is 4.79 Å². The van der Waals surface area contributed by atoms with Crippen molar-refractivity contribution in [1.82, 2.24) is 29.1 Å². The lowest BCUT2D eigenvalue weighted by molar-refractivity contribution is 0.156. The molecule has 0 bridgehead atoms. The molecule has 3 rings (SSSR count). The van der Waals surface area contributed by atoms with Gasteiger partial charge in [-0.15, -0.1) is 0 Å². The summed E-state index contributed by atoms with van der Waals surface area (Å²) in [7, 11) is 3.54. The number of aromatic nitrogens is 4. The molecule has 1 aliphatic rings. The van der Waals surface area contributed by atoms with E-state index in [1.54, 1.807) is 25.2 Å². The summed E-state index contributed by atoms with van der Waals surface area (Å²) in [5, 5.41) is 4.18. The van der Waals surface area contributed by atoms with Crippen molar-refractivity contribution in [2.45, 2.75) is 19.6 Å². The van der Waals surface area contributed by atoms with Crippen LogP contribution < -0.4 is 0 Å². The number of nitrogens with zero attached hydrogens (tertiary/aromatic N) is 6. The van der Waals surface area contributed by atoms with Crippen LogP contribution in [0.5, 0.6) is 0 Å². The first kappa shape index (κ1) is 12.7. The van der Waals surface area contributed by atoms with E-state index in [-0.39, 0.29) is 6.03 Å². The van der Waals surface area contributed by atoms with Gasteiger partial charge in [0.15, 0.2) is 0 Å². The van der Waals surface area contributed by atoms with Gasteiger partial charge in [-0.05, 0) is 6.07 Å². The summed E-state index contributed by atoms with van der Waals surface area (Å²) in [5.74, 6) is 0.939. The van der Waals surface area contributed by atoms with Crippen molar-refractivity contribution in [1.29, 1.82) is 0 Å². The minimum Gasteiger partial charge on any atom is -0.331 e. The highest BCUT2D eigenvalue weighted by molar-refractivity contribution is 5.73. The number of carbonyl (C=O) groups excluding carboxylic acids is 1. The lowest BCUT2D eigenvalue weighted by Crippen LogP contribution is -2.43. The van der Waals surface area contributed by atoms with Gasteiger partial charge in [0, 0.05) is 45.8 Å². The van der Waals surface area contributed by atoms with E-state index < -0.39 is 0 Å². The Hall–Kier alpha value is -2.31. The smallest absolute Gasteiger partial charge is 0.319 e. The molecule has 0 unspecified atom stereocenters. The molecular weight excluding hydrogens is 256 g/mol. The van der Waals surface area contributed by atoms with E-state index in [4.69, 9.17) is 0 Å². The SMILES string of the molecule is CN(C)C(=O)N1CCn2cc(Cn3cccn3)nc2C1. The zero-order valence-electron chi connectivity index (χ0n) is 11.7. The van der Waals surface area contributed by atoms with E-state index in [0.717, 1.165) is 24.6 Å². The second-order valence-electron chi connectivity index (χ2n) is 5.14. The van der Waals surface area contributed by atoms with Gasteiger partial charge in [0.25, 0.3) is 0 Å². The highest BCUT2D eigenvalue weighted by atomic mass is 16.2. The van der Waals surface area contributed by atoms with Crippen molar-refractivity contribution in [2.24, 2.45) is 0 Å². The summed E-state index contributed by atoms with van der Waals surface area (Å²) < 4.78 is 3.97. The maximum absolute atomic E-state index is 12.0. The second-order valence-corrected chi connectivity index (χ2v) is 5.14. The van der Waals surface area contributed by atoms with E-state index in [1.807, 2.05) is 21.8 Å². The van der Waals surface area contributed by atoms with Crippen LogP contribution in [0.25, 0.3) is 0 Å². The molecule has 7 nitrogen and oxygen atoms in total. The first-order valence-electron chi connectivity index (χ1n) is 6.62. The summed E-state index contributed by atoms with van der Waals surface area (Å²) in [6.07, 6.45) is 5.72. The van der Waals surface area contributed by atoms with Crippen molar-refractivity contribution in [3.8, 4) is 0 Å². The molecule has 0 saturated heterocycles. The Balaban J connectivity index is 1.74. The third-order valence-electron chi connectivity index (χ3n) is 3.39. The van der Waals surface area contributed by atoms with Crippen LogP contribution in [0.4, 0.5) is 4.79 Å². The van der Waals surface area contributed by atoms with Crippen LogP contribution in [0.3, 0.4) is 0 Å². The molecule has 20 heavy (non-hydrogen) atoms. The van der Waals surface area contributed by atoms with Crippen molar-refractivity contribution in [3.05, 3.63) is 36.2 Å². The van der Waals surface area contributed by atoms with Crippen LogP contribution in [0.2, 0.25) is 0 Å². The summed E-state index contributed by atoms with van der Waals surface area (Å²) in [6, 6.07) is 1.93. The maximum atomic E-state index is 12.0. The van der Waals surface area contributed by atoms with Crippen LogP contribution in [0, 0.1) is 0 Å². The van der Waals surface area contributed by atoms with Gasteiger partial charge in [-0.3, -0.25) is 4.68 Å². The number of amides is 2. The van der Waals surface area contributed by atoms with Crippen LogP contribution >= 0.6 is 0 Å². The quantitative estimate of drug-likeness (QED) is 0.807. The highest BCUT2D eigenvalue weighted by Crippen LogP contribution is 2.14. The Morgan fingerprint density at radius 2 is 2.25 bits per heavy atom. The zero-order valence-corrected chi connectivity index (χ0v) is 11.7.